The zero-order valence-electron chi connectivity index (χ0n) is 12.5. The maximum absolute atomic E-state index is 12.6. The molecule has 0 unspecified atom stereocenters. The molecular weight excluding hydrogens is 393 g/mol. The van der Waals surface area contributed by atoms with E-state index in [1.54, 1.807) is 12.1 Å². The summed E-state index contributed by atoms with van der Waals surface area (Å²) in [5.41, 5.74) is -0.575. The van der Waals surface area contributed by atoms with Crippen molar-refractivity contribution < 1.29 is 27.5 Å². The van der Waals surface area contributed by atoms with Crippen molar-refractivity contribution in [3.63, 3.8) is 0 Å². The molecular formula is C15H11Cl2NO6S. The number of hydrogen-bond donors (Lipinski definition) is 2. The van der Waals surface area contributed by atoms with Gasteiger partial charge in [0.1, 0.15) is 0 Å². The molecule has 0 spiro atoms. The summed E-state index contributed by atoms with van der Waals surface area (Å²) in [5.74, 6) is -2.72. The molecule has 3 rings (SSSR count). The maximum Gasteiger partial charge on any atom is 0.371 e. The van der Waals surface area contributed by atoms with Crippen molar-refractivity contribution >= 4 is 45.1 Å². The predicted octanol–water partition coefficient (Wildman–Crippen LogP) is 2.82. The van der Waals surface area contributed by atoms with Crippen LogP contribution in [0.25, 0.3) is 0 Å². The Bertz CT molecular complexity index is 978. The molecule has 1 amide bonds. The first kappa shape index (κ1) is 17.8. The van der Waals surface area contributed by atoms with Crippen LogP contribution in [-0.2, 0) is 20.2 Å². The Morgan fingerprint density at radius 1 is 1.16 bits per heavy atom. The molecule has 0 atom stereocenters. The lowest BCUT2D eigenvalue weighted by molar-refractivity contribution is -0.121. The molecule has 25 heavy (non-hydrogen) atoms. The van der Waals surface area contributed by atoms with E-state index in [1.807, 2.05) is 4.72 Å². The van der Waals surface area contributed by atoms with Crippen molar-refractivity contribution in [3.05, 3.63) is 51.7 Å². The van der Waals surface area contributed by atoms with Crippen molar-refractivity contribution in [1.82, 2.24) is 4.72 Å². The summed E-state index contributed by atoms with van der Waals surface area (Å²) in [6.07, 6.45) is 0.850. The minimum atomic E-state index is -4.34. The number of carboxylic acids is 1. The lowest BCUT2D eigenvalue weighted by Crippen LogP contribution is -2.38. The fraction of sp³-hybridized carbons (Fsp3) is 0.200. The Balaban J connectivity index is 1.87. The van der Waals surface area contributed by atoms with E-state index in [1.165, 1.54) is 6.07 Å². The van der Waals surface area contributed by atoms with Gasteiger partial charge >= 0.3 is 5.97 Å². The first-order chi connectivity index (χ1) is 11.7. The fourth-order valence-electron chi connectivity index (χ4n) is 2.47. The summed E-state index contributed by atoms with van der Waals surface area (Å²) >= 11 is 12.0. The standard InChI is InChI=1S/C15H11Cl2NO6S/c16-8-1-2-9(10(17)7-8)15(5-6-15)14(21)18-25(22,23)12-4-3-11(24-12)13(19)20/h1-4,7H,5-6H2,(H,18,21)(H,19,20). The van der Waals surface area contributed by atoms with E-state index < -0.39 is 38.2 Å². The van der Waals surface area contributed by atoms with Gasteiger partial charge in [0.15, 0.2) is 0 Å². The summed E-state index contributed by atoms with van der Waals surface area (Å²) in [6.45, 7) is 0. The predicted molar refractivity (Wildman–Crippen MR) is 88.4 cm³/mol. The topological polar surface area (TPSA) is 114 Å². The Morgan fingerprint density at radius 2 is 1.84 bits per heavy atom. The van der Waals surface area contributed by atoms with Gasteiger partial charge < -0.3 is 9.52 Å². The van der Waals surface area contributed by atoms with E-state index in [-0.39, 0.29) is 5.02 Å². The van der Waals surface area contributed by atoms with Crippen LogP contribution in [0.15, 0.2) is 39.8 Å². The fourth-order valence-corrected chi connectivity index (χ4v) is 4.05. The van der Waals surface area contributed by atoms with Crippen molar-refractivity contribution in [3.8, 4) is 0 Å². The highest BCUT2D eigenvalue weighted by atomic mass is 35.5. The van der Waals surface area contributed by atoms with Gasteiger partial charge in [0.2, 0.25) is 16.8 Å². The van der Waals surface area contributed by atoms with Gasteiger partial charge in [0, 0.05) is 10.0 Å². The van der Waals surface area contributed by atoms with Crippen LogP contribution >= 0.6 is 23.2 Å². The van der Waals surface area contributed by atoms with Crippen LogP contribution in [-0.4, -0.2) is 25.4 Å². The summed E-state index contributed by atoms with van der Waals surface area (Å²) in [4.78, 5) is 23.3. The highest BCUT2D eigenvalue weighted by molar-refractivity contribution is 7.89. The molecule has 7 nitrogen and oxygen atoms in total. The van der Waals surface area contributed by atoms with Crippen LogP contribution in [0.3, 0.4) is 0 Å². The number of rotatable bonds is 5. The summed E-state index contributed by atoms with van der Waals surface area (Å²) < 4.78 is 31.2. The Kier molecular flexibility index (Phi) is 4.30. The van der Waals surface area contributed by atoms with Crippen LogP contribution in [0.4, 0.5) is 0 Å². The monoisotopic (exact) mass is 403 g/mol. The van der Waals surface area contributed by atoms with Crippen LogP contribution in [0, 0.1) is 0 Å². The third-order valence-electron chi connectivity index (χ3n) is 3.92. The van der Waals surface area contributed by atoms with Crippen molar-refractivity contribution in [2.75, 3.05) is 0 Å². The minimum Gasteiger partial charge on any atom is -0.475 e. The lowest BCUT2D eigenvalue weighted by atomic mass is 9.95. The number of furan rings is 1. The molecule has 2 aromatic rings. The molecule has 1 aromatic heterocycles. The lowest BCUT2D eigenvalue weighted by Gasteiger charge is -2.16. The van der Waals surface area contributed by atoms with Crippen molar-refractivity contribution in [2.45, 2.75) is 23.3 Å². The van der Waals surface area contributed by atoms with Gasteiger partial charge in [-0.1, -0.05) is 29.3 Å². The van der Waals surface area contributed by atoms with E-state index in [0.717, 1.165) is 12.1 Å². The van der Waals surface area contributed by atoms with Crippen molar-refractivity contribution in [2.24, 2.45) is 0 Å². The Morgan fingerprint density at radius 3 is 2.36 bits per heavy atom. The largest absolute Gasteiger partial charge is 0.475 e. The number of halogens is 2. The maximum atomic E-state index is 12.6. The third kappa shape index (κ3) is 3.24. The molecule has 0 radical (unpaired) electrons. The number of carbonyl (C=O) groups is 2. The summed E-state index contributed by atoms with van der Waals surface area (Å²) in [6, 6.07) is 6.58. The second kappa shape index (κ2) is 6.05. The summed E-state index contributed by atoms with van der Waals surface area (Å²) in [5, 5.41) is 8.79. The number of carboxylic acid groups (broad SMARTS) is 1. The molecule has 1 saturated carbocycles. The van der Waals surface area contributed by atoms with Gasteiger partial charge in [0.05, 0.1) is 5.41 Å². The summed E-state index contributed by atoms with van der Waals surface area (Å²) in [7, 11) is -4.34. The molecule has 1 fully saturated rings. The van der Waals surface area contributed by atoms with E-state index in [4.69, 9.17) is 32.7 Å². The van der Waals surface area contributed by atoms with Crippen LogP contribution < -0.4 is 4.72 Å². The molecule has 0 bridgehead atoms. The molecule has 132 valence electrons. The molecule has 1 aliphatic rings. The Labute approximate surface area is 152 Å². The van der Waals surface area contributed by atoms with Gasteiger partial charge in [-0.2, -0.15) is 8.42 Å². The van der Waals surface area contributed by atoms with Crippen LogP contribution in [0.5, 0.6) is 0 Å². The molecule has 1 heterocycles. The molecule has 10 heteroatoms. The SMILES string of the molecule is O=C(O)c1ccc(S(=O)(=O)NC(=O)C2(c3ccc(Cl)cc3Cl)CC2)o1. The van der Waals surface area contributed by atoms with Crippen LogP contribution in [0.1, 0.15) is 29.0 Å². The highest BCUT2D eigenvalue weighted by Gasteiger charge is 2.53. The molecule has 2 N–H and O–H groups in total. The van der Waals surface area contributed by atoms with E-state index in [0.29, 0.717) is 23.4 Å². The van der Waals surface area contributed by atoms with E-state index in [2.05, 4.69) is 0 Å². The zero-order valence-corrected chi connectivity index (χ0v) is 14.8. The quantitative estimate of drug-likeness (QED) is 0.792. The molecule has 1 aromatic carbocycles. The second-order valence-corrected chi connectivity index (χ2v) is 8.02. The van der Waals surface area contributed by atoms with E-state index >= 15 is 0 Å². The molecule has 0 aliphatic heterocycles. The number of sulfonamides is 1. The van der Waals surface area contributed by atoms with Crippen LogP contribution in [0.2, 0.25) is 10.0 Å². The number of hydrogen-bond acceptors (Lipinski definition) is 5. The third-order valence-corrected chi connectivity index (χ3v) is 5.67. The number of aromatic carboxylic acids is 1. The smallest absolute Gasteiger partial charge is 0.371 e. The normalized spacial score (nSPS) is 15.6. The van der Waals surface area contributed by atoms with Gasteiger partial charge in [-0.15, -0.1) is 0 Å². The molecule has 1 aliphatic carbocycles. The Hall–Kier alpha value is -2.03. The number of nitrogens with one attached hydrogen (secondary N) is 1. The second-order valence-electron chi connectivity index (χ2n) is 5.56. The van der Waals surface area contributed by atoms with Gasteiger partial charge in [-0.3, -0.25) is 4.79 Å². The number of amides is 1. The van der Waals surface area contributed by atoms with E-state index in [9.17, 15) is 18.0 Å². The highest BCUT2D eigenvalue weighted by Crippen LogP contribution is 2.51. The van der Waals surface area contributed by atoms with Gasteiger partial charge in [-0.25, -0.2) is 9.52 Å². The first-order valence-electron chi connectivity index (χ1n) is 7.02. The first-order valence-corrected chi connectivity index (χ1v) is 9.25. The average Bonchev–Trinajstić information content (AvgIpc) is 3.14. The van der Waals surface area contributed by atoms with Gasteiger partial charge in [0.25, 0.3) is 10.0 Å². The zero-order chi connectivity index (χ0) is 18.4. The van der Waals surface area contributed by atoms with Crippen molar-refractivity contribution in [1.29, 1.82) is 0 Å². The van der Waals surface area contributed by atoms with Gasteiger partial charge in [-0.05, 0) is 42.7 Å². The molecule has 0 saturated heterocycles. The number of benzene rings is 1. The minimum absolute atomic E-state index is 0.267. The average molecular weight is 404 g/mol. The number of carbonyl (C=O) groups excluding carboxylic acids is 1.